The van der Waals surface area contributed by atoms with E-state index in [1.807, 2.05) is 0 Å². The summed E-state index contributed by atoms with van der Waals surface area (Å²) in [5.41, 5.74) is 0.546. The van der Waals surface area contributed by atoms with E-state index in [4.69, 9.17) is 16.7 Å². The first-order valence-corrected chi connectivity index (χ1v) is 5.84. The number of aliphatic carboxylic acids is 1. The number of benzene rings is 1. The summed E-state index contributed by atoms with van der Waals surface area (Å²) in [5, 5.41) is 14.4. The minimum atomic E-state index is -1.06. The van der Waals surface area contributed by atoms with Gasteiger partial charge in [0.05, 0.1) is 0 Å². The lowest BCUT2D eigenvalue weighted by Crippen LogP contribution is -2.46. The standard InChI is InChI=1S/C12H15ClN2O3/c1-7(2)10(11(16)17)15-12(18)14-9-5-3-8(13)4-6-9/h3-7,10H,1-2H3,(H,16,17)(H2,14,15,18)/t10-/m1/s1. The molecular formula is C12H15ClN2O3. The number of hydrogen-bond acceptors (Lipinski definition) is 2. The van der Waals surface area contributed by atoms with Gasteiger partial charge in [0.2, 0.25) is 0 Å². The van der Waals surface area contributed by atoms with Crippen LogP contribution >= 0.6 is 11.6 Å². The van der Waals surface area contributed by atoms with Crippen molar-refractivity contribution in [3.63, 3.8) is 0 Å². The zero-order valence-corrected chi connectivity index (χ0v) is 10.9. The molecule has 0 saturated carbocycles. The molecule has 5 nitrogen and oxygen atoms in total. The Kier molecular flexibility index (Phi) is 4.97. The summed E-state index contributed by atoms with van der Waals surface area (Å²) in [6.07, 6.45) is 0. The molecule has 0 unspecified atom stereocenters. The van der Waals surface area contributed by atoms with Gasteiger partial charge in [-0.3, -0.25) is 0 Å². The Morgan fingerprint density at radius 2 is 1.78 bits per heavy atom. The number of carboxylic acid groups (broad SMARTS) is 1. The van der Waals surface area contributed by atoms with Gasteiger partial charge in [0.25, 0.3) is 0 Å². The topological polar surface area (TPSA) is 78.4 Å². The Labute approximate surface area is 110 Å². The molecule has 6 heteroatoms. The third-order valence-corrected chi connectivity index (χ3v) is 2.57. The largest absolute Gasteiger partial charge is 0.480 e. The zero-order chi connectivity index (χ0) is 13.7. The van der Waals surface area contributed by atoms with Crippen molar-refractivity contribution in [3.05, 3.63) is 29.3 Å². The molecule has 0 aliphatic carbocycles. The van der Waals surface area contributed by atoms with E-state index in [1.165, 1.54) is 0 Å². The molecule has 2 amide bonds. The van der Waals surface area contributed by atoms with Crippen LogP contribution in [0, 0.1) is 5.92 Å². The summed E-state index contributed by atoms with van der Waals surface area (Å²) in [4.78, 5) is 22.5. The maximum atomic E-state index is 11.6. The Morgan fingerprint density at radius 3 is 2.22 bits per heavy atom. The van der Waals surface area contributed by atoms with Crippen molar-refractivity contribution in [2.24, 2.45) is 5.92 Å². The van der Waals surface area contributed by atoms with Gasteiger partial charge in [0.1, 0.15) is 6.04 Å². The third-order valence-electron chi connectivity index (χ3n) is 2.32. The van der Waals surface area contributed by atoms with Crippen LogP contribution in [0.3, 0.4) is 0 Å². The van der Waals surface area contributed by atoms with Gasteiger partial charge >= 0.3 is 12.0 Å². The first kappa shape index (κ1) is 14.3. The van der Waals surface area contributed by atoms with Crippen LogP contribution in [0.1, 0.15) is 13.8 Å². The number of anilines is 1. The lowest BCUT2D eigenvalue weighted by molar-refractivity contribution is -0.140. The molecule has 0 aliphatic heterocycles. The van der Waals surface area contributed by atoms with E-state index >= 15 is 0 Å². The second kappa shape index (κ2) is 6.26. The van der Waals surface area contributed by atoms with E-state index in [-0.39, 0.29) is 5.92 Å². The highest BCUT2D eigenvalue weighted by atomic mass is 35.5. The number of carbonyl (C=O) groups excluding carboxylic acids is 1. The van der Waals surface area contributed by atoms with Gasteiger partial charge in [-0.05, 0) is 30.2 Å². The van der Waals surface area contributed by atoms with Crippen LogP contribution < -0.4 is 10.6 Å². The predicted octanol–water partition coefficient (Wildman–Crippen LogP) is 2.57. The molecule has 1 atom stereocenters. The Bertz CT molecular complexity index is 431. The Morgan fingerprint density at radius 1 is 1.22 bits per heavy atom. The molecule has 0 aliphatic rings. The van der Waals surface area contributed by atoms with E-state index in [2.05, 4.69) is 10.6 Å². The number of urea groups is 1. The van der Waals surface area contributed by atoms with Crippen molar-refractivity contribution in [3.8, 4) is 0 Å². The molecule has 1 aromatic rings. The molecule has 0 aromatic heterocycles. The fourth-order valence-corrected chi connectivity index (χ4v) is 1.48. The second-order valence-electron chi connectivity index (χ2n) is 4.17. The molecule has 0 bridgehead atoms. The lowest BCUT2D eigenvalue weighted by atomic mass is 10.1. The third kappa shape index (κ3) is 4.25. The fraction of sp³-hybridized carbons (Fsp3) is 0.333. The molecule has 0 heterocycles. The number of nitrogens with one attached hydrogen (secondary N) is 2. The fourth-order valence-electron chi connectivity index (χ4n) is 1.36. The van der Waals surface area contributed by atoms with Crippen molar-refractivity contribution < 1.29 is 14.7 Å². The smallest absolute Gasteiger partial charge is 0.326 e. The van der Waals surface area contributed by atoms with E-state index < -0.39 is 18.0 Å². The highest BCUT2D eigenvalue weighted by Gasteiger charge is 2.23. The van der Waals surface area contributed by atoms with Gasteiger partial charge in [-0.15, -0.1) is 0 Å². The molecule has 1 aromatic carbocycles. The molecule has 3 N–H and O–H groups in total. The number of hydrogen-bond donors (Lipinski definition) is 3. The molecule has 1 rings (SSSR count). The maximum absolute atomic E-state index is 11.6. The van der Waals surface area contributed by atoms with Crippen LogP contribution in [0.15, 0.2) is 24.3 Å². The molecule has 18 heavy (non-hydrogen) atoms. The first-order chi connectivity index (χ1) is 8.40. The van der Waals surface area contributed by atoms with Crippen molar-refractivity contribution >= 4 is 29.3 Å². The van der Waals surface area contributed by atoms with Crippen LogP contribution in [0.4, 0.5) is 10.5 Å². The second-order valence-corrected chi connectivity index (χ2v) is 4.60. The van der Waals surface area contributed by atoms with Crippen molar-refractivity contribution in [2.75, 3.05) is 5.32 Å². The highest BCUT2D eigenvalue weighted by molar-refractivity contribution is 6.30. The monoisotopic (exact) mass is 270 g/mol. The van der Waals surface area contributed by atoms with E-state index in [0.717, 1.165) is 0 Å². The number of amides is 2. The van der Waals surface area contributed by atoms with Crippen LogP contribution in [-0.4, -0.2) is 23.1 Å². The van der Waals surface area contributed by atoms with Crippen molar-refractivity contribution in [1.29, 1.82) is 0 Å². The normalized spacial score (nSPS) is 12.0. The summed E-state index contributed by atoms with van der Waals surface area (Å²) < 4.78 is 0. The van der Waals surface area contributed by atoms with Crippen molar-refractivity contribution in [2.45, 2.75) is 19.9 Å². The molecule has 0 fully saturated rings. The van der Waals surface area contributed by atoms with E-state index in [0.29, 0.717) is 10.7 Å². The molecular weight excluding hydrogens is 256 g/mol. The zero-order valence-electron chi connectivity index (χ0n) is 10.1. The Balaban J connectivity index is 2.60. The summed E-state index contributed by atoms with van der Waals surface area (Å²) in [5.74, 6) is -1.25. The Hall–Kier alpha value is -1.75. The summed E-state index contributed by atoms with van der Waals surface area (Å²) in [7, 11) is 0. The van der Waals surface area contributed by atoms with Gasteiger partial charge in [-0.2, -0.15) is 0 Å². The van der Waals surface area contributed by atoms with E-state index in [9.17, 15) is 9.59 Å². The number of carbonyl (C=O) groups is 2. The number of halogens is 1. The summed E-state index contributed by atoms with van der Waals surface area (Å²) in [6.45, 7) is 3.45. The number of carboxylic acids is 1. The minimum Gasteiger partial charge on any atom is -0.480 e. The molecule has 0 spiro atoms. The van der Waals surface area contributed by atoms with Gasteiger partial charge in [0.15, 0.2) is 0 Å². The van der Waals surface area contributed by atoms with Crippen LogP contribution in [0.25, 0.3) is 0 Å². The van der Waals surface area contributed by atoms with Gasteiger partial charge in [-0.1, -0.05) is 25.4 Å². The quantitative estimate of drug-likeness (QED) is 0.787. The molecule has 0 radical (unpaired) electrons. The van der Waals surface area contributed by atoms with Gasteiger partial charge < -0.3 is 15.7 Å². The van der Waals surface area contributed by atoms with Crippen LogP contribution in [0.5, 0.6) is 0 Å². The SMILES string of the molecule is CC(C)[C@@H](NC(=O)Nc1ccc(Cl)cc1)C(=O)O. The maximum Gasteiger partial charge on any atom is 0.326 e. The van der Waals surface area contributed by atoms with Crippen LogP contribution in [-0.2, 0) is 4.79 Å². The minimum absolute atomic E-state index is 0.196. The number of rotatable bonds is 4. The van der Waals surface area contributed by atoms with Crippen molar-refractivity contribution in [1.82, 2.24) is 5.32 Å². The van der Waals surface area contributed by atoms with E-state index in [1.54, 1.807) is 38.1 Å². The van der Waals surface area contributed by atoms with Gasteiger partial charge in [0, 0.05) is 10.7 Å². The summed E-state index contributed by atoms with van der Waals surface area (Å²) >= 11 is 5.71. The van der Waals surface area contributed by atoms with Gasteiger partial charge in [-0.25, -0.2) is 9.59 Å². The lowest BCUT2D eigenvalue weighted by Gasteiger charge is -2.18. The average molecular weight is 271 g/mol. The average Bonchev–Trinajstić information content (AvgIpc) is 2.28. The molecule has 0 saturated heterocycles. The highest BCUT2D eigenvalue weighted by Crippen LogP contribution is 2.13. The predicted molar refractivity (Wildman–Crippen MR) is 69.9 cm³/mol. The molecule has 98 valence electrons. The summed E-state index contributed by atoms with van der Waals surface area (Å²) in [6, 6.07) is 5.05. The van der Waals surface area contributed by atoms with Crippen LogP contribution in [0.2, 0.25) is 5.02 Å². The first-order valence-electron chi connectivity index (χ1n) is 5.46.